The molecule has 0 saturated heterocycles. The Morgan fingerprint density at radius 1 is 1.08 bits per heavy atom. The Bertz CT molecular complexity index is 306. The van der Waals surface area contributed by atoms with E-state index in [9.17, 15) is 0 Å². The van der Waals surface area contributed by atoms with Crippen LogP contribution in [0.5, 0.6) is 0 Å². The predicted molar refractivity (Wildman–Crippen MR) is 46.6 cm³/mol. The van der Waals surface area contributed by atoms with Crippen LogP contribution in [0.4, 0.5) is 0 Å². The molecule has 12 heavy (non-hydrogen) atoms. The van der Waals surface area contributed by atoms with Crippen LogP contribution in [0, 0.1) is 0 Å². The summed E-state index contributed by atoms with van der Waals surface area (Å²) in [6.07, 6.45) is 12.9. The Morgan fingerprint density at radius 2 is 1.83 bits per heavy atom. The summed E-state index contributed by atoms with van der Waals surface area (Å²) < 4.78 is 0.860. The van der Waals surface area contributed by atoms with Gasteiger partial charge in [0, 0.05) is 11.6 Å². The van der Waals surface area contributed by atoms with Crippen LogP contribution >= 0.6 is 0 Å². The highest BCUT2D eigenvalue weighted by molar-refractivity contribution is 5.48. The third kappa shape index (κ3) is 1.26. The van der Waals surface area contributed by atoms with Gasteiger partial charge in [0.15, 0.2) is 0 Å². The first kappa shape index (κ1) is 9.30. The van der Waals surface area contributed by atoms with Crippen LogP contribution in [0.25, 0.3) is 0 Å². The molecule has 0 N–H and O–H groups in total. The topological polar surface area (TPSA) is 0 Å². The Kier molecular flexibility index (Phi) is 2.27. The summed E-state index contributed by atoms with van der Waals surface area (Å²) >= 11 is 0. The van der Waals surface area contributed by atoms with Crippen molar-refractivity contribution in [3.8, 4) is 0 Å². The van der Waals surface area contributed by atoms with Gasteiger partial charge in [-0.1, -0.05) is 6.08 Å². The standard InChI is InChI=1S/C10H12N.ClH/c1-11(2)8-4-6-9-5-3-7-10(9)11;/h3-8H,1-2H3;1H/q+1;/p-1. The van der Waals surface area contributed by atoms with Gasteiger partial charge >= 0.3 is 0 Å². The van der Waals surface area contributed by atoms with Gasteiger partial charge in [-0.15, -0.1) is 0 Å². The molecule has 1 aliphatic heterocycles. The monoisotopic (exact) mass is 181 g/mol. The molecule has 0 saturated carbocycles. The summed E-state index contributed by atoms with van der Waals surface area (Å²) in [6, 6.07) is 0. The number of allylic oxidation sites excluding steroid dienone is 5. The minimum atomic E-state index is 0. The highest BCUT2D eigenvalue weighted by Gasteiger charge is 2.25. The molecular formula is C10H12ClN. The van der Waals surface area contributed by atoms with Gasteiger partial charge in [0.1, 0.15) is 11.9 Å². The highest BCUT2D eigenvalue weighted by Crippen LogP contribution is 2.29. The smallest absolute Gasteiger partial charge is 0.144 e. The largest absolute Gasteiger partial charge is 1.00 e. The third-order valence-corrected chi connectivity index (χ3v) is 2.18. The van der Waals surface area contributed by atoms with Crippen molar-refractivity contribution in [3.63, 3.8) is 0 Å². The fourth-order valence-electron chi connectivity index (χ4n) is 1.53. The van der Waals surface area contributed by atoms with Gasteiger partial charge in [0.05, 0.1) is 14.1 Å². The quantitative estimate of drug-likeness (QED) is 0.420. The van der Waals surface area contributed by atoms with Gasteiger partial charge in [-0.05, 0) is 18.2 Å². The predicted octanol–water partition coefficient (Wildman–Crippen LogP) is -1.03. The van der Waals surface area contributed by atoms with Crippen LogP contribution < -0.4 is 12.4 Å². The Labute approximate surface area is 79.4 Å². The zero-order valence-corrected chi connectivity index (χ0v) is 8.05. The van der Waals surface area contributed by atoms with Crippen molar-refractivity contribution in [3.05, 3.63) is 47.9 Å². The first-order valence-corrected chi connectivity index (χ1v) is 3.83. The second-order valence-corrected chi connectivity index (χ2v) is 3.41. The molecule has 0 spiro atoms. The second kappa shape index (κ2) is 2.92. The summed E-state index contributed by atoms with van der Waals surface area (Å²) in [5.41, 5.74) is 2.73. The van der Waals surface area contributed by atoms with E-state index in [-0.39, 0.29) is 12.4 Å². The van der Waals surface area contributed by atoms with Crippen LogP contribution in [0.1, 0.15) is 0 Å². The molecule has 1 aliphatic carbocycles. The molecule has 2 rings (SSSR count). The van der Waals surface area contributed by atoms with Crippen molar-refractivity contribution in [2.45, 2.75) is 0 Å². The van der Waals surface area contributed by atoms with Gasteiger partial charge in [-0.2, -0.15) is 0 Å². The summed E-state index contributed by atoms with van der Waals surface area (Å²) in [6.45, 7) is 0. The van der Waals surface area contributed by atoms with E-state index in [1.165, 1.54) is 11.3 Å². The van der Waals surface area contributed by atoms with Gasteiger partial charge in [0.2, 0.25) is 0 Å². The number of halogens is 1. The maximum atomic E-state index is 2.18. The summed E-state index contributed by atoms with van der Waals surface area (Å²) in [4.78, 5) is 0. The molecule has 0 fully saturated rings. The molecule has 0 atom stereocenters. The summed E-state index contributed by atoms with van der Waals surface area (Å²) in [5, 5.41) is 0. The number of quaternary nitrogens is 1. The molecule has 1 nitrogen and oxygen atoms in total. The summed E-state index contributed by atoms with van der Waals surface area (Å²) in [5.74, 6) is 0. The Hall–Kier alpha value is -0.790. The molecular weight excluding hydrogens is 170 g/mol. The van der Waals surface area contributed by atoms with E-state index >= 15 is 0 Å². The molecule has 0 amide bonds. The van der Waals surface area contributed by atoms with E-state index in [1.807, 2.05) is 0 Å². The molecule has 0 radical (unpaired) electrons. The number of likely N-dealkylation sites (N-methyl/N-ethyl adjacent to an activating group) is 1. The number of hydrogen-bond acceptors (Lipinski definition) is 0. The normalized spacial score (nSPS) is 22.5. The first-order valence-electron chi connectivity index (χ1n) is 3.83. The SMILES string of the molecule is C[N+]1(C)C=CC=C2C=CC=C21.[Cl-]. The maximum Gasteiger partial charge on any atom is 0.144 e. The fourth-order valence-corrected chi connectivity index (χ4v) is 1.53. The third-order valence-electron chi connectivity index (χ3n) is 2.18. The van der Waals surface area contributed by atoms with Crippen molar-refractivity contribution < 1.29 is 16.9 Å². The molecule has 64 valence electrons. The Morgan fingerprint density at radius 3 is 2.50 bits per heavy atom. The molecule has 2 aliphatic rings. The van der Waals surface area contributed by atoms with Crippen LogP contribution in [-0.4, -0.2) is 18.6 Å². The molecule has 0 aromatic carbocycles. The molecule has 0 unspecified atom stereocenters. The van der Waals surface area contributed by atoms with Crippen LogP contribution in [-0.2, 0) is 0 Å². The lowest BCUT2D eigenvalue weighted by molar-refractivity contribution is -0.796. The molecule has 0 aromatic rings. The number of hydrogen-bond donors (Lipinski definition) is 0. The van der Waals surface area contributed by atoms with Crippen molar-refractivity contribution in [1.82, 2.24) is 0 Å². The first-order chi connectivity index (χ1) is 5.20. The lowest BCUT2D eigenvalue weighted by atomic mass is 10.1. The van der Waals surface area contributed by atoms with E-state index in [0.29, 0.717) is 0 Å². The number of rotatable bonds is 0. The van der Waals surface area contributed by atoms with Crippen molar-refractivity contribution in [2.24, 2.45) is 0 Å². The number of fused-ring (bicyclic) bond motifs is 1. The molecule has 0 bridgehead atoms. The van der Waals surface area contributed by atoms with E-state index in [4.69, 9.17) is 0 Å². The van der Waals surface area contributed by atoms with Crippen molar-refractivity contribution >= 4 is 0 Å². The van der Waals surface area contributed by atoms with Crippen LogP contribution in [0.15, 0.2) is 47.9 Å². The van der Waals surface area contributed by atoms with Gasteiger partial charge in [-0.3, -0.25) is 4.48 Å². The summed E-state index contributed by atoms with van der Waals surface area (Å²) in [7, 11) is 4.37. The average molecular weight is 182 g/mol. The van der Waals surface area contributed by atoms with Gasteiger partial charge < -0.3 is 12.4 Å². The zero-order chi connectivity index (χ0) is 7.90. The minimum Gasteiger partial charge on any atom is -1.00 e. The number of nitrogens with zero attached hydrogens (tertiary/aromatic N) is 1. The van der Waals surface area contributed by atoms with Crippen molar-refractivity contribution in [2.75, 3.05) is 14.1 Å². The highest BCUT2D eigenvalue weighted by atomic mass is 35.5. The van der Waals surface area contributed by atoms with Crippen LogP contribution in [0.3, 0.4) is 0 Å². The molecule has 0 aromatic heterocycles. The van der Waals surface area contributed by atoms with Crippen molar-refractivity contribution in [1.29, 1.82) is 0 Å². The van der Waals surface area contributed by atoms with E-state index in [0.717, 1.165) is 4.48 Å². The average Bonchev–Trinajstić information content (AvgIpc) is 2.34. The molecule has 2 heteroatoms. The van der Waals surface area contributed by atoms with Gasteiger partial charge in [-0.25, -0.2) is 0 Å². The lowest BCUT2D eigenvalue weighted by Gasteiger charge is -2.28. The molecule has 1 heterocycles. The maximum absolute atomic E-state index is 2.18. The van der Waals surface area contributed by atoms with E-state index in [1.54, 1.807) is 0 Å². The fraction of sp³-hybridized carbons (Fsp3) is 0.200. The lowest BCUT2D eigenvalue weighted by Crippen LogP contribution is -3.00. The van der Waals surface area contributed by atoms with Crippen LogP contribution in [0.2, 0.25) is 0 Å². The Balaban J connectivity index is 0.000000720. The zero-order valence-electron chi connectivity index (χ0n) is 7.29. The van der Waals surface area contributed by atoms with Gasteiger partial charge in [0.25, 0.3) is 0 Å². The minimum absolute atomic E-state index is 0. The second-order valence-electron chi connectivity index (χ2n) is 3.41. The van der Waals surface area contributed by atoms with E-state index < -0.39 is 0 Å². The van der Waals surface area contributed by atoms with E-state index in [2.05, 4.69) is 50.7 Å².